The van der Waals surface area contributed by atoms with Crippen LogP contribution in [-0.2, 0) is 23.9 Å². The van der Waals surface area contributed by atoms with Crippen LogP contribution in [0.2, 0.25) is 0 Å². The highest BCUT2D eigenvalue weighted by molar-refractivity contribution is 6.21. The van der Waals surface area contributed by atoms with E-state index in [1.807, 2.05) is 0 Å². The molecule has 0 atom stereocenters. The molecule has 0 radical (unpaired) electrons. The molecule has 0 aromatic carbocycles. The summed E-state index contributed by atoms with van der Waals surface area (Å²) in [5, 5.41) is 0. The van der Waals surface area contributed by atoms with E-state index in [-0.39, 0.29) is 18.4 Å². The first-order valence-electron chi connectivity index (χ1n) is 6.58. The molecule has 2 aliphatic rings. The lowest BCUT2D eigenvalue weighted by molar-refractivity contribution is -0.137. The van der Waals surface area contributed by atoms with Crippen molar-refractivity contribution in [2.45, 2.75) is 0 Å². The number of rotatable bonds is 1. The zero-order valence-corrected chi connectivity index (χ0v) is 13.3. The summed E-state index contributed by atoms with van der Waals surface area (Å²) >= 11 is 0. The van der Waals surface area contributed by atoms with Crippen molar-refractivity contribution in [3.8, 4) is 24.7 Å². The Labute approximate surface area is 144 Å². The summed E-state index contributed by atoms with van der Waals surface area (Å²) in [5.41, 5.74) is 4.79. The molecule has 25 heavy (non-hydrogen) atoms. The van der Waals surface area contributed by atoms with Gasteiger partial charge in [-0.15, -0.1) is 12.8 Å². The van der Waals surface area contributed by atoms with Crippen molar-refractivity contribution in [2.24, 2.45) is 5.73 Å². The second-order valence-corrected chi connectivity index (χ2v) is 4.02. The number of nitrogens with two attached hydrogens (primary N) is 1. The van der Waals surface area contributed by atoms with Crippen LogP contribution >= 0.6 is 0 Å². The maximum atomic E-state index is 10.7. The monoisotopic (exact) mass is 345 g/mol. The quantitative estimate of drug-likeness (QED) is 0.467. The zero-order valence-electron chi connectivity index (χ0n) is 13.3. The lowest BCUT2D eigenvalue weighted by Crippen LogP contribution is -2.35. The van der Waals surface area contributed by atoms with Crippen LogP contribution in [0.4, 0.5) is 4.79 Å². The fourth-order valence-corrected chi connectivity index (χ4v) is 1.35. The van der Waals surface area contributed by atoms with Gasteiger partial charge in [-0.05, 0) is 0 Å². The molecule has 0 spiro atoms. The first kappa shape index (κ1) is 21.3. The minimum atomic E-state index is -0.954. The van der Waals surface area contributed by atoms with E-state index in [0.29, 0.717) is 11.4 Å². The van der Waals surface area contributed by atoms with Crippen molar-refractivity contribution < 1.29 is 28.7 Å². The number of hydrogen-bond acceptors (Lipinski definition) is 7. The molecule has 2 N–H and O–H groups in total. The molecule has 0 saturated carbocycles. The Kier molecular flexibility index (Phi) is 9.33. The molecule has 9 heteroatoms. The highest BCUT2D eigenvalue weighted by Crippen LogP contribution is 2.04. The van der Waals surface area contributed by atoms with E-state index in [9.17, 15) is 24.0 Å². The van der Waals surface area contributed by atoms with Crippen LogP contribution in [0, 0.1) is 24.7 Å². The van der Waals surface area contributed by atoms with Gasteiger partial charge in [-0.3, -0.25) is 24.1 Å². The zero-order chi connectivity index (χ0) is 19.4. The van der Waals surface area contributed by atoms with Gasteiger partial charge in [-0.2, -0.15) is 4.90 Å². The normalized spacial score (nSPS) is 14.2. The molecule has 2 heterocycles. The van der Waals surface area contributed by atoms with E-state index in [0.717, 1.165) is 24.2 Å². The Balaban J connectivity index is 0.000000383. The van der Waals surface area contributed by atoms with Crippen molar-refractivity contribution in [2.75, 3.05) is 20.2 Å². The fourth-order valence-electron chi connectivity index (χ4n) is 1.35. The molecule has 0 aromatic heterocycles. The highest BCUT2D eigenvalue weighted by atomic mass is 16.5. The molecule has 0 bridgehead atoms. The predicted octanol–water partition coefficient (Wildman–Crippen LogP) is -1.20. The van der Waals surface area contributed by atoms with E-state index in [4.69, 9.17) is 12.2 Å². The number of nitrogens with zero attached hydrogens (tertiary/aromatic N) is 2. The number of ether oxygens (including phenoxy) is 1. The van der Waals surface area contributed by atoms with Crippen LogP contribution in [-0.4, -0.2) is 59.7 Å². The topological polar surface area (TPSA) is 127 Å². The summed E-state index contributed by atoms with van der Waals surface area (Å²) in [6, 6.07) is 0. The SMILES string of the molecule is C#CCN.C#CCN1C(=O)C=CC1=O.COC(=O)N1C(=O)C=CC1=O. The lowest BCUT2D eigenvalue weighted by atomic mass is 10.5. The second-order valence-electron chi connectivity index (χ2n) is 4.02. The molecule has 9 nitrogen and oxygen atoms in total. The maximum absolute atomic E-state index is 10.7. The van der Waals surface area contributed by atoms with Crippen LogP contribution in [0.15, 0.2) is 24.3 Å². The molecular weight excluding hydrogens is 330 g/mol. The van der Waals surface area contributed by atoms with Crippen molar-refractivity contribution >= 4 is 29.7 Å². The Morgan fingerprint density at radius 1 is 1.00 bits per heavy atom. The second kappa shape index (κ2) is 10.9. The summed E-state index contributed by atoms with van der Waals surface area (Å²) in [6.07, 6.45) is 13.1. The van der Waals surface area contributed by atoms with E-state index in [1.54, 1.807) is 0 Å². The molecule has 0 unspecified atom stereocenters. The summed E-state index contributed by atoms with van der Waals surface area (Å²) < 4.78 is 4.18. The average Bonchev–Trinajstić information content (AvgIpc) is 3.11. The number of imide groups is 4. The number of hydrogen-bond donors (Lipinski definition) is 1. The van der Waals surface area contributed by atoms with Crippen LogP contribution in [0.3, 0.4) is 0 Å². The van der Waals surface area contributed by atoms with Crippen LogP contribution in [0.25, 0.3) is 0 Å². The Morgan fingerprint density at radius 3 is 1.72 bits per heavy atom. The molecule has 0 saturated heterocycles. The first-order valence-corrected chi connectivity index (χ1v) is 6.58. The third-order valence-electron chi connectivity index (χ3n) is 2.43. The minimum Gasteiger partial charge on any atom is -0.452 e. The standard InChI is InChI=1S/C7H5NO2.C6H5NO4.C3H5N/c1-2-5-8-6(9)3-4-7(8)10;1-11-6(10)7-4(8)2-3-5(7)9;1-2-3-4/h1,3-4H,5H2;2-3H,1H3;1H,3-4H2. The van der Waals surface area contributed by atoms with Gasteiger partial charge in [-0.1, -0.05) is 11.8 Å². The van der Waals surface area contributed by atoms with Crippen LogP contribution in [0.1, 0.15) is 0 Å². The Bertz CT molecular complexity index is 672. The van der Waals surface area contributed by atoms with Crippen LogP contribution in [0.5, 0.6) is 0 Å². The summed E-state index contributed by atoms with van der Waals surface area (Å²) in [5.74, 6) is 2.43. The number of carbonyl (C=O) groups excluding carboxylic acids is 5. The Hall–Kier alpha value is -3.69. The Morgan fingerprint density at radius 2 is 1.40 bits per heavy atom. The van der Waals surface area contributed by atoms with Gasteiger partial charge in [0.05, 0.1) is 20.2 Å². The molecule has 2 rings (SSSR count). The van der Waals surface area contributed by atoms with Gasteiger partial charge in [0.1, 0.15) is 0 Å². The summed E-state index contributed by atoms with van der Waals surface area (Å²) in [6.45, 7) is 0.407. The summed E-state index contributed by atoms with van der Waals surface area (Å²) in [7, 11) is 1.10. The molecular formula is C16H15N3O6. The predicted molar refractivity (Wildman–Crippen MR) is 86.0 cm³/mol. The maximum Gasteiger partial charge on any atom is 0.423 e. The molecule has 0 aliphatic carbocycles. The van der Waals surface area contributed by atoms with E-state index < -0.39 is 17.9 Å². The van der Waals surface area contributed by atoms with Crippen molar-refractivity contribution in [1.29, 1.82) is 0 Å². The highest BCUT2D eigenvalue weighted by Gasteiger charge is 2.30. The van der Waals surface area contributed by atoms with Gasteiger partial charge in [0, 0.05) is 24.3 Å². The van der Waals surface area contributed by atoms with Crippen molar-refractivity contribution in [1.82, 2.24) is 9.80 Å². The van der Waals surface area contributed by atoms with Gasteiger partial charge in [-0.25, -0.2) is 4.79 Å². The largest absolute Gasteiger partial charge is 0.452 e. The summed E-state index contributed by atoms with van der Waals surface area (Å²) in [4.78, 5) is 54.9. The molecule has 5 amide bonds. The lowest BCUT2D eigenvalue weighted by Gasteiger charge is -2.08. The first-order chi connectivity index (χ1) is 11.8. The van der Waals surface area contributed by atoms with Gasteiger partial charge >= 0.3 is 6.09 Å². The molecule has 0 aromatic rings. The number of terminal acetylenes is 2. The van der Waals surface area contributed by atoms with Gasteiger partial charge in [0.2, 0.25) is 0 Å². The molecule has 2 aliphatic heterocycles. The van der Waals surface area contributed by atoms with Crippen molar-refractivity contribution in [3.05, 3.63) is 24.3 Å². The average molecular weight is 345 g/mol. The van der Waals surface area contributed by atoms with Crippen LogP contribution < -0.4 is 5.73 Å². The molecule has 130 valence electrons. The van der Waals surface area contributed by atoms with E-state index >= 15 is 0 Å². The molecule has 0 fully saturated rings. The minimum absolute atomic E-state index is 0.0602. The number of amides is 5. The third kappa shape index (κ3) is 6.52. The third-order valence-corrected chi connectivity index (χ3v) is 2.43. The van der Waals surface area contributed by atoms with Crippen molar-refractivity contribution in [3.63, 3.8) is 0 Å². The number of methoxy groups -OCH3 is 1. The van der Waals surface area contributed by atoms with E-state index in [2.05, 4.69) is 23.0 Å². The number of carbonyl (C=O) groups is 5. The van der Waals surface area contributed by atoms with Gasteiger partial charge < -0.3 is 10.5 Å². The smallest absolute Gasteiger partial charge is 0.423 e. The fraction of sp³-hybridized carbons (Fsp3) is 0.188. The van der Waals surface area contributed by atoms with Gasteiger partial charge in [0.25, 0.3) is 23.6 Å². The van der Waals surface area contributed by atoms with E-state index in [1.165, 1.54) is 12.2 Å². The van der Waals surface area contributed by atoms with Gasteiger partial charge in [0.15, 0.2) is 0 Å².